The molecule has 1 unspecified atom stereocenters. The predicted molar refractivity (Wildman–Crippen MR) is 67.8 cm³/mol. The first-order chi connectivity index (χ1) is 8.45. The van der Waals surface area contributed by atoms with E-state index in [-0.39, 0.29) is 0 Å². The van der Waals surface area contributed by atoms with Crippen LogP contribution in [-0.4, -0.2) is 34.9 Å². The van der Waals surface area contributed by atoms with Crippen LogP contribution in [0.3, 0.4) is 0 Å². The number of pyridine rings is 1. The van der Waals surface area contributed by atoms with E-state index in [0.717, 1.165) is 0 Å². The van der Waals surface area contributed by atoms with E-state index < -0.39 is 17.9 Å². The van der Waals surface area contributed by atoms with Crippen molar-refractivity contribution in [3.63, 3.8) is 0 Å². The largest absolute Gasteiger partial charge is 0.481 e. The van der Waals surface area contributed by atoms with Crippen LogP contribution in [0.4, 0.5) is 0 Å². The molecule has 6 heteroatoms. The number of methoxy groups -OCH3 is 1. The Morgan fingerprint density at radius 1 is 1.50 bits per heavy atom. The van der Waals surface area contributed by atoms with E-state index in [2.05, 4.69) is 9.72 Å². The molecule has 0 spiro atoms. The second-order valence-corrected chi connectivity index (χ2v) is 4.86. The highest BCUT2D eigenvalue weighted by molar-refractivity contribution is 7.99. The highest BCUT2D eigenvalue weighted by Crippen LogP contribution is 2.20. The van der Waals surface area contributed by atoms with Gasteiger partial charge in [-0.15, -0.1) is 11.8 Å². The Balaban J connectivity index is 2.73. The van der Waals surface area contributed by atoms with Crippen LogP contribution in [0.25, 0.3) is 0 Å². The fraction of sp³-hybridized carbons (Fsp3) is 0.417. The van der Waals surface area contributed by atoms with E-state index in [1.165, 1.54) is 18.9 Å². The first-order valence-electron chi connectivity index (χ1n) is 5.37. The molecule has 0 amide bonds. The number of hydrogen-bond donors (Lipinski definition) is 1. The average Bonchev–Trinajstić information content (AvgIpc) is 2.34. The van der Waals surface area contributed by atoms with Gasteiger partial charge in [-0.2, -0.15) is 0 Å². The average molecular weight is 269 g/mol. The molecule has 1 N–H and O–H groups in total. The van der Waals surface area contributed by atoms with Gasteiger partial charge in [0.15, 0.2) is 0 Å². The van der Waals surface area contributed by atoms with E-state index in [1.54, 1.807) is 26.0 Å². The number of carbonyl (C=O) groups is 2. The van der Waals surface area contributed by atoms with Crippen LogP contribution in [0, 0.1) is 12.8 Å². The molecule has 0 bridgehead atoms. The first-order valence-corrected chi connectivity index (χ1v) is 6.35. The zero-order valence-corrected chi connectivity index (χ0v) is 11.3. The summed E-state index contributed by atoms with van der Waals surface area (Å²) >= 11 is 1.35. The number of hydrogen-bond acceptors (Lipinski definition) is 5. The summed E-state index contributed by atoms with van der Waals surface area (Å²) in [6.45, 7) is 3.36. The van der Waals surface area contributed by atoms with Crippen molar-refractivity contribution in [3.05, 3.63) is 23.4 Å². The lowest BCUT2D eigenvalue weighted by Gasteiger charge is -2.07. The summed E-state index contributed by atoms with van der Waals surface area (Å²) in [5, 5.41) is 9.47. The maximum absolute atomic E-state index is 11.4. The molecule has 0 aromatic carbocycles. The van der Waals surface area contributed by atoms with Gasteiger partial charge in [-0.05, 0) is 19.1 Å². The van der Waals surface area contributed by atoms with Crippen molar-refractivity contribution in [2.75, 3.05) is 12.9 Å². The van der Waals surface area contributed by atoms with Crippen LogP contribution in [0.1, 0.15) is 23.0 Å². The minimum Gasteiger partial charge on any atom is -0.481 e. The Morgan fingerprint density at radius 3 is 2.67 bits per heavy atom. The number of carboxylic acid groups (broad SMARTS) is 1. The molecule has 1 atom stereocenters. The molecule has 0 aliphatic rings. The number of rotatable bonds is 5. The quantitative estimate of drug-likeness (QED) is 0.650. The zero-order valence-electron chi connectivity index (χ0n) is 10.5. The van der Waals surface area contributed by atoms with Gasteiger partial charge in [0.2, 0.25) is 0 Å². The van der Waals surface area contributed by atoms with Gasteiger partial charge in [0, 0.05) is 5.75 Å². The Morgan fingerprint density at radius 2 is 2.17 bits per heavy atom. The first kappa shape index (κ1) is 14.5. The Hall–Kier alpha value is -1.56. The number of esters is 1. The van der Waals surface area contributed by atoms with E-state index in [0.29, 0.717) is 22.0 Å². The lowest BCUT2D eigenvalue weighted by Crippen LogP contribution is -2.12. The van der Waals surface area contributed by atoms with Crippen molar-refractivity contribution in [3.8, 4) is 0 Å². The summed E-state index contributed by atoms with van der Waals surface area (Å²) in [4.78, 5) is 26.3. The number of carboxylic acids is 1. The summed E-state index contributed by atoms with van der Waals surface area (Å²) in [6, 6.07) is 3.33. The summed E-state index contributed by atoms with van der Waals surface area (Å²) in [5.41, 5.74) is 1.00. The van der Waals surface area contributed by atoms with Crippen LogP contribution >= 0.6 is 11.8 Å². The molecule has 18 heavy (non-hydrogen) atoms. The molecule has 5 nitrogen and oxygen atoms in total. The molecule has 1 aromatic heterocycles. The van der Waals surface area contributed by atoms with Crippen LogP contribution in [0.15, 0.2) is 17.2 Å². The number of aliphatic carboxylic acids is 1. The topological polar surface area (TPSA) is 76.5 Å². The zero-order chi connectivity index (χ0) is 13.7. The minimum atomic E-state index is -0.828. The van der Waals surface area contributed by atoms with Gasteiger partial charge in [0.05, 0.1) is 29.3 Å². The van der Waals surface area contributed by atoms with Crippen molar-refractivity contribution in [2.24, 2.45) is 5.92 Å². The molecule has 1 aromatic rings. The van der Waals surface area contributed by atoms with Crippen molar-refractivity contribution in [1.29, 1.82) is 0 Å². The molecule has 0 fully saturated rings. The van der Waals surface area contributed by atoms with Crippen LogP contribution < -0.4 is 0 Å². The van der Waals surface area contributed by atoms with Crippen molar-refractivity contribution < 1.29 is 19.4 Å². The SMILES string of the molecule is COC(=O)c1ccc(SCC(C)C(=O)O)nc1C. The Kier molecular flexibility index (Phi) is 5.15. The highest BCUT2D eigenvalue weighted by Gasteiger charge is 2.14. The number of ether oxygens (including phenoxy) is 1. The minimum absolute atomic E-state index is 0.421. The number of thioether (sulfide) groups is 1. The van der Waals surface area contributed by atoms with Crippen LogP contribution in [0.2, 0.25) is 0 Å². The molecule has 0 radical (unpaired) electrons. The van der Waals surface area contributed by atoms with Gasteiger partial charge < -0.3 is 9.84 Å². The fourth-order valence-electron chi connectivity index (χ4n) is 1.23. The van der Waals surface area contributed by atoms with Gasteiger partial charge in [-0.3, -0.25) is 4.79 Å². The molecule has 98 valence electrons. The second kappa shape index (κ2) is 6.39. The standard InChI is InChI=1S/C12H15NO4S/c1-7(11(14)15)6-18-10-5-4-9(8(2)13-10)12(16)17-3/h4-5,7H,6H2,1-3H3,(H,14,15). The van der Waals surface area contributed by atoms with Gasteiger partial charge in [0.1, 0.15) is 0 Å². The van der Waals surface area contributed by atoms with Crippen molar-refractivity contribution >= 4 is 23.7 Å². The smallest absolute Gasteiger partial charge is 0.339 e. The van der Waals surface area contributed by atoms with Crippen molar-refractivity contribution in [1.82, 2.24) is 4.98 Å². The normalized spacial score (nSPS) is 11.9. The Labute approximate surface area is 110 Å². The maximum atomic E-state index is 11.4. The number of carbonyl (C=O) groups excluding carboxylic acids is 1. The molecule has 0 saturated carbocycles. The summed E-state index contributed by atoms with van der Waals surface area (Å²) in [5.74, 6) is -1.24. The molecule has 0 aliphatic carbocycles. The third-order valence-corrected chi connectivity index (χ3v) is 3.56. The molecule has 0 aliphatic heterocycles. The monoisotopic (exact) mass is 269 g/mol. The van der Waals surface area contributed by atoms with Gasteiger partial charge in [0.25, 0.3) is 0 Å². The number of nitrogens with zero attached hydrogens (tertiary/aromatic N) is 1. The maximum Gasteiger partial charge on any atom is 0.339 e. The summed E-state index contributed by atoms with van der Waals surface area (Å²) in [7, 11) is 1.32. The third-order valence-electron chi connectivity index (χ3n) is 2.37. The fourth-order valence-corrected chi connectivity index (χ4v) is 2.15. The van der Waals surface area contributed by atoms with E-state index >= 15 is 0 Å². The molecule has 0 saturated heterocycles. The highest BCUT2D eigenvalue weighted by atomic mass is 32.2. The van der Waals surface area contributed by atoms with E-state index in [1.807, 2.05) is 0 Å². The third kappa shape index (κ3) is 3.73. The predicted octanol–water partition coefficient (Wildman–Crippen LogP) is 1.99. The van der Waals surface area contributed by atoms with Crippen molar-refractivity contribution in [2.45, 2.75) is 18.9 Å². The van der Waals surface area contributed by atoms with Gasteiger partial charge >= 0.3 is 11.9 Å². The van der Waals surface area contributed by atoms with E-state index in [9.17, 15) is 9.59 Å². The van der Waals surface area contributed by atoms with Gasteiger partial charge in [-0.1, -0.05) is 6.92 Å². The van der Waals surface area contributed by atoms with Crippen LogP contribution in [-0.2, 0) is 9.53 Å². The summed E-state index contributed by atoms with van der Waals surface area (Å²) in [6.07, 6.45) is 0. The molecular weight excluding hydrogens is 254 g/mol. The lowest BCUT2D eigenvalue weighted by molar-refractivity contribution is -0.140. The van der Waals surface area contributed by atoms with Crippen LogP contribution in [0.5, 0.6) is 0 Å². The molecule has 1 rings (SSSR count). The second-order valence-electron chi connectivity index (χ2n) is 3.82. The lowest BCUT2D eigenvalue weighted by atomic mass is 10.2. The number of aromatic nitrogens is 1. The molecular formula is C12H15NO4S. The summed E-state index contributed by atoms with van der Waals surface area (Å²) < 4.78 is 4.62. The van der Waals surface area contributed by atoms with Gasteiger partial charge in [-0.25, -0.2) is 9.78 Å². The number of aryl methyl sites for hydroxylation is 1. The molecule has 1 heterocycles. The van der Waals surface area contributed by atoms with E-state index in [4.69, 9.17) is 5.11 Å². The Bertz CT molecular complexity index is 461.